The summed E-state index contributed by atoms with van der Waals surface area (Å²) >= 11 is 0. The maximum absolute atomic E-state index is 4.76. The highest BCUT2D eigenvalue weighted by molar-refractivity contribution is 5.81. The molecule has 1 heterocycles. The lowest BCUT2D eigenvalue weighted by Gasteiger charge is -2.04. The lowest BCUT2D eigenvalue weighted by Crippen LogP contribution is -2.22. The number of aromatic nitrogens is 2. The zero-order chi connectivity index (χ0) is 14.5. The molecule has 0 saturated heterocycles. The van der Waals surface area contributed by atoms with E-state index in [1.165, 1.54) is 16.6 Å². The molecule has 0 unspecified atom stereocenters. The predicted molar refractivity (Wildman–Crippen MR) is 83.6 cm³/mol. The van der Waals surface area contributed by atoms with E-state index in [2.05, 4.69) is 68.9 Å². The second-order valence-electron chi connectivity index (χ2n) is 7.04. The van der Waals surface area contributed by atoms with E-state index >= 15 is 0 Å². The Labute approximate surface area is 121 Å². The standard InChI is InChI=1S/C17H25N3/c1-6-20-14-10-8-7-9-12(14)13(19-20)11-18-15-16(2,3)17(15,4)5/h7-10,15,18H,6,11H2,1-5H3. The third kappa shape index (κ3) is 1.80. The molecule has 0 bridgehead atoms. The summed E-state index contributed by atoms with van der Waals surface area (Å²) < 4.78 is 2.09. The Morgan fingerprint density at radius 2 is 1.80 bits per heavy atom. The van der Waals surface area contributed by atoms with Gasteiger partial charge in [-0.1, -0.05) is 45.9 Å². The van der Waals surface area contributed by atoms with E-state index in [9.17, 15) is 0 Å². The number of rotatable bonds is 4. The summed E-state index contributed by atoms with van der Waals surface area (Å²) in [5, 5.41) is 9.74. The second-order valence-corrected chi connectivity index (χ2v) is 7.04. The van der Waals surface area contributed by atoms with Crippen LogP contribution in [-0.2, 0) is 13.1 Å². The molecule has 1 aliphatic carbocycles. The number of fused-ring (bicyclic) bond motifs is 1. The second kappa shape index (κ2) is 4.32. The van der Waals surface area contributed by atoms with Gasteiger partial charge in [-0.25, -0.2) is 0 Å². The van der Waals surface area contributed by atoms with Gasteiger partial charge in [0.2, 0.25) is 0 Å². The van der Waals surface area contributed by atoms with E-state index in [1.807, 2.05) is 0 Å². The van der Waals surface area contributed by atoms with Crippen molar-refractivity contribution in [2.45, 2.75) is 53.8 Å². The number of nitrogens with one attached hydrogen (secondary N) is 1. The zero-order valence-electron chi connectivity index (χ0n) is 13.2. The van der Waals surface area contributed by atoms with E-state index in [0.29, 0.717) is 16.9 Å². The molecule has 2 aromatic rings. The fourth-order valence-electron chi connectivity index (χ4n) is 3.47. The van der Waals surface area contributed by atoms with Crippen LogP contribution in [0.2, 0.25) is 0 Å². The summed E-state index contributed by atoms with van der Waals surface area (Å²) in [5.74, 6) is 0. The molecule has 1 aromatic heterocycles. The highest BCUT2D eigenvalue weighted by atomic mass is 15.3. The number of benzene rings is 1. The smallest absolute Gasteiger partial charge is 0.0841 e. The van der Waals surface area contributed by atoms with Gasteiger partial charge in [0.05, 0.1) is 11.2 Å². The fourth-order valence-corrected chi connectivity index (χ4v) is 3.47. The van der Waals surface area contributed by atoms with Crippen LogP contribution in [0.5, 0.6) is 0 Å². The minimum atomic E-state index is 0.371. The lowest BCUT2D eigenvalue weighted by atomic mass is 10.0. The SMILES string of the molecule is CCn1nc(CNC2C(C)(C)C2(C)C)c2ccccc21. The van der Waals surface area contributed by atoms with Gasteiger partial charge in [0, 0.05) is 24.5 Å². The normalized spacial score (nSPS) is 20.4. The largest absolute Gasteiger partial charge is 0.307 e. The molecule has 1 saturated carbocycles. The molecule has 1 aliphatic rings. The molecule has 0 amide bonds. The van der Waals surface area contributed by atoms with Gasteiger partial charge in [0.25, 0.3) is 0 Å². The lowest BCUT2D eigenvalue weighted by molar-refractivity contribution is 0.457. The van der Waals surface area contributed by atoms with E-state index in [4.69, 9.17) is 5.10 Å². The quantitative estimate of drug-likeness (QED) is 0.921. The highest BCUT2D eigenvalue weighted by Gasteiger charge is 2.64. The first-order valence-electron chi connectivity index (χ1n) is 7.57. The number of para-hydroxylation sites is 1. The summed E-state index contributed by atoms with van der Waals surface area (Å²) in [7, 11) is 0. The van der Waals surface area contributed by atoms with Crippen LogP contribution in [0.3, 0.4) is 0 Å². The molecular formula is C17H25N3. The van der Waals surface area contributed by atoms with E-state index < -0.39 is 0 Å². The molecule has 3 heteroatoms. The topological polar surface area (TPSA) is 29.9 Å². The van der Waals surface area contributed by atoms with Gasteiger partial charge in [-0.3, -0.25) is 4.68 Å². The molecule has 108 valence electrons. The van der Waals surface area contributed by atoms with Crippen LogP contribution in [0.25, 0.3) is 10.9 Å². The molecule has 1 aromatic carbocycles. The Morgan fingerprint density at radius 1 is 1.15 bits per heavy atom. The highest BCUT2D eigenvalue weighted by Crippen LogP contribution is 2.62. The Balaban J connectivity index is 1.83. The van der Waals surface area contributed by atoms with Crippen molar-refractivity contribution in [1.29, 1.82) is 0 Å². The molecule has 1 fully saturated rings. The molecule has 3 nitrogen and oxygen atoms in total. The minimum Gasteiger partial charge on any atom is -0.307 e. The van der Waals surface area contributed by atoms with Crippen molar-refractivity contribution in [2.75, 3.05) is 0 Å². The minimum absolute atomic E-state index is 0.371. The summed E-state index contributed by atoms with van der Waals surface area (Å²) in [5.41, 5.74) is 3.15. The van der Waals surface area contributed by atoms with Crippen molar-refractivity contribution in [3.8, 4) is 0 Å². The molecule has 0 spiro atoms. The number of aryl methyl sites for hydroxylation is 1. The van der Waals surface area contributed by atoms with Gasteiger partial charge >= 0.3 is 0 Å². The molecule has 20 heavy (non-hydrogen) atoms. The summed E-state index contributed by atoms with van der Waals surface area (Å²) in [6.45, 7) is 13.3. The third-order valence-corrected chi connectivity index (χ3v) is 5.53. The zero-order valence-corrected chi connectivity index (χ0v) is 13.2. The number of hydrogen-bond acceptors (Lipinski definition) is 2. The van der Waals surface area contributed by atoms with Gasteiger partial charge in [-0.15, -0.1) is 0 Å². The Hall–Kier alpha value is -1.35. The van der Waals surface area contributed by atoms with Gasteiger partial charge in [0.15, 0.2) is 0 Å². The summed E-state index contributed by atoms with van der Waals surface area (Å²) in [4.78, 5) is 0. The summed E-state index contributed by atoms with van der Waals surface area (Å²) in [6.07, 6.45) is 0. The van der Waals surface area contributed by atoms with Gasteiger partial charge < -0.3 is 5.32 Å². The number of hydrogen-bond donors (Lipinski definition) is 1. The monoisotopic (exact) mass is 271 g/mol. The van der Waals surface area contributed by atoms with Crippen molar-refractivity contribution in [2.24, 2.45) is 10.8 Å². The van der Waals surface area contributed by atoms with Crippen molar-refractivity contribution < 1.29 is 0 Å². The van der Waals surface area contributed by atoms with Crippen molar-refractivity contribution >= 4 is 10.9 Å². The van der Waals surface area contributed by atoms with Gasteiger partial charge in [-0.2, -0.15) is 5.10 Å². The first kappa shape index (κ1) is 13.6. The molecule has 0 atom stereocenters. The van der Waals surface area contributed by atoms with Crippen LogP contribution in [0.4, 0.5) is 0 Å². The molecule has 1 N–H and O–H groups in total. The van der Waals surface area contributed by atoms with Crippen LogP contribution in [0.15, 0.2) is 24.3 Å². The molecular weight excluding hydrogens is 246 g/mol. The molecule has 0 aliphatic heterocycles. The summed E-state index contributed by atoms with van der Waals surface area (Å²) in [6, 6.07) is 9.08. The first-order valence-corrected chi connectivity index (χ1v) is 7.57. The van der Waals surface area contributed by atoms with E-state index in [-0.39, 0.29) is 0 Å². The van der Waals surface area contributed by atoms with Crippen molar-refractivity contribution in [3.63, 3.8) is 0 Å². The first-order chi connectivity index (χ1) is 9.39. The van der Waals surface area contributed by atoms with Crippen LogP contribution < -0.4 is 5.32 Å². The van der Waals surface area contributed by atoms with Crippen molar-refractivity contribution in [1.82, 2.24) is 15.1 Å². The van der Waals surface area contributed by atoms with Gasteiger partial charge in [-0.05, 0) is 23.8 Å². The van der Waals surface area contributed by atoms with Crippen molar-refractivity contribution in [3.05, 3.63) is 30.0 Å². The third-order valence-electron chi connectivity index (χ3n) is 5.53. The Bertz CT molecular complexity index is 623. The Morgan fingerprint density at radius 3 is 2.40 bits per heavy atom. The Kier molecular flexibility index (Phi) is 2.94. The fraction of sp³-hybridized carbons (Fsp3) is 0.588. The van der Waals surface area contributed by atoms with E-state index in [1.54, 1.807) is 0 Å². The average Bonchev–Trinajstić information content (AvgIpc) is 2.73. The van der Waals surface area contributed by atoms with Crippen LogP contribution >= 0.6 is 0 Å². The maximum atomic E-state index is 4.76. The van der Waals surface area contributed by atoms with Crippen LogP contribution in [-0.4, -0.2) is 15.8 Å². The van der Waals surface area contributed by atoms with Crippen LogP contribution in [0.1, 0.15) is 40.3 Å². The maximum Gasteiger partial charge on any atom is 0.0841 e. The average molecular weight is 271 g/mol. The predicted octanol–water partition coefficient (Wildman–Crippen LogP) is 3.58. The van der Waals surface area contributed by atoms with Gasteiger partial charge in [0.1, 0.15) is 0 Å². The van der Waals surface area contributed by atoms with Crippen LogP contribution in [0, 0.1) is 10.8 Å². The molecule has 0 radical (unpaired) electrons. The number of nitrogens with zero attached hydrogens (tertiary/aromatic N) is 2. The molecule has 3 rings (SSSR count). The van der Waals surface area contributed by atoms with E-state index in [0.717, 1.165) is 13.1 Å².